The number of aryl methyl sites for hydroxylation is 1. The zero-order chi connectivity index (χ0) is 22.0. The number of aromatic amines is 2. The van der Waals surface area contributed by atoms with Crippen LogP contribution in [0.5, 0.6) is 5.75 Å². The minimum Gasteiger partial charge on any atom is -0.487 e. The van der Waals surface area contributed by atoms with E-state index in [1.54, 1.807) is 26.4 Å². The van der Waals surface area contributed by atoms with Gasteiger partial charge in [0, 0.05) is 31.8 Å². The van der Waals surface area contributed by atoms with Crippen molar-refractivity contribution in [2.24, 2.45) is 7.05 Å². The van der Waals surface area contributed by atoms with E-state index in [1.807, 2.05) is 6.07 Å². The van der Waals surface area contributed by atoms with Crippen LogP contribution in [0.4, 0.5) is 5.82 Å². The van der Waals surface area contributed by atoms with Crippen LogP contribution in [0.15, 0.2) is 18.3 Å². The summed E-state index contributed by atoms with van der Waals surface area (Å²) in [5.74, 6) is 1.71. The molecule has 3 aromatic rings. The number of carbonyl (C=O) groups is 1. The first kappa shape index (κ1) is 21.1. The van der Waals surface area contributed by atoms with Crippen molar-refractivity contribution in [1.82, 2.24) is 30.2 Å². The van der Waals surface area contributed by atoms with E-state index >= 15 is 0 Å². The van der Waals surface area contributed by atoms with Crippen LogP contribution in [0.25, 0.3) is 0 Å². The Morgan fingerprint density at radius 3 is 2.94 bits per heavy atom. The molecule has 2 atom stereocenters. The number of hydrogen-bond donors (Lipinski definition) is 3. The average Bonchev–Trinajstić information content (AvgIpc) is 3.49. The Labute approximate surface area is 180 Å². The summed E-state index contributed by atoms with van der Waals surface area (Å²) in [6.45, 7) is 4.58. The standard InChI is InChI=1S/C21H29N7O3/c1-12(2)20-18(10-22-26-20)31-15-6-5-13(7-15)16-9-19(25-24-16)23-21(29)17-8-14(11-30-4)27-28(17)3/h8-10,12-13,15H,5-7,11H2,1-4H3,(H,22,26)(H2,23,24,25,29)/t13-,15+/m0/s1. The Morgan fingerprint density at radius 2 is 2.16 bits per heavy atom. The van der Waals surface area contributed by atoms with Gasteiger partial charge in [-0.25, -0.2) is 0 Å². The van der Waals surface area contributed by atoms with E-state index in [-0.39, 0.29) is 12.0 Å². The maximum absolute atomic E-state index is 12.6. The summed E-state index contributed by atoms with van der Waals surface area (Å²) in [5, 5.41) is 21.6. The van der Waals surface area contributed by atoms with Gasteiger partial charge in [0.05, 0.1) is 30.3 Å². The lowest BCUT2D eigenvalue weighted by Gasteiger charge is -2.14. The smallest absolute Gasteiger partial charge is 0.275 e. The summed E-state index contributed by atoms with van der Waals surface area (Å²) in [7, 11) is 3.32. The first-order chi connectivity index (χ1) is 14.9. The molecule has 166 valence electrons. The van der Waals surface area contributed by atoms with Crippen LogP contribution in [0.3, 0.4) is 0 Å². The van der Waals surface area contributed by atoms with Crippen LogP contribution in [0, 0.1) is 0 Å². The summed E-state index contributed by atoms with van der Waals surface area (Å²) in [6, 6.07) is 3.61. The minimum absolute atomic E-state index is 0.134. The predicted octanol–water partition coefficient (Wildman–Crippen LogP) is 3.10. The van der Waals surface area contributed by atoms with Gasteiger partial charge in [0.1, 0.15) is 5.69 Å². The molecule has 1 saturated carbocycles. The van der Waals surface area contributed by atoms with Gasteiger partial charge in [0.2, 0.25) is 0 Å². The summed E-state index contributed by atoms with van der Waals surface area (Å²) >= 11 is 0. The number of nitrogens with zero attached hydrogens (tertiary/aromatic N) is 4. The highest BCUT2D eigenvalue weighted by molar-refractivity contribution is 6.02. The number of hydrogen-bond acceptors (Lipinski definition) is 6. The monoisotopic (exact) mass is 427 g/mol. The van der Waals surface area contributed by atoms with Crippen LogP contribution >= 0.6 is 0 Å². The van der Waals surface area contributed by atoms with Crippen molar-refractivity contribution >= 4 is 11.7 Å². The number of nitrogens with one attached hydrogen (secondary N) is 3. The third-order valence-corrected chi connectivity index (χ3v) is 5.62. The fourth-order valence-corrected chi connectivity index (χ4v) is 4.05. The van der Waals surface area contributed by atoms with Crippen LogP contribution in [0.1, 0.15) is 72.5 Å². The van der Waals surface area contributed by atoms with E-state index in [9.17, 15) is 4.79 Å². The molecule has 0 unspecified atom stereocenters. The summed E-state index contributed by atoms with van der Waals surface area (Å²) in [6.07, 6.45) is 4.74. The van der Waals surface area contributed by atoms with Crippen molar-refractivity contribution in [3.63, 3.8) is 0 Å². The second-order valence-corrected chi connectivity index (χ2v) is 8.29. The van der Waals surface area contributed by atoms with Crippen molar-refractivity contribution < 1.29 is 14.3 Å². The Kier molecular flexibility index (Phi) is 6.08. The van der Waals surface area contributed by atoms with Crippen molar-refractivity contribution in [1.29, 1.82) is 0 Å². The zero-order valence-electron chi connectivity index (χ0n) is 18.3. The highest BCUT2D eigenvalue weighted by Gasteiger charge is 2.30. The maximum atomic E-state index is 12.6. The Morgan fingerprint density at radius 1 is 1.32 bits per heavy atom. The lowest BCUT2D eigenvalue weighted by atomic mass is 10.0. The van der Waals surface area contributed by atoms with Crippen molar-refractivity contribution in [2.75, 3.05) is 12.4 Å². The molecule has 3 heterocycles. The molecule has 1 fully saturated rings. The molecule has 31 heavy (non-hydrogen) atoms. The minimum atomic E-state index is -0.260. The first-order valence-electron chi connectivity index (χ1n) is 10.5. The topological polar surface area (TPSA) is 123 Å². The molecule has 3 N–H and O–H groups in total. The van der Waals surface area contributed by atoms with Gasteiger partial charge in [-0.05, 0) is 31.2 Å². The van der Waals surface area contributed by atoms with E-state index in [1.165, 1.54) is 4.68 Å². The molecular formula is C21H29N7O3. The summed E-state index contributed by atoms with van der Waals surface area (Å²) in [5.41, 5.74) is 3.18. The van der Waals surface area contributed by atoms with Crippen molar-refractivity contribution in [2.45, 2.75) is 57.7 Å². The van der Waals surface area contributed by atoms with Gasteiger partial charge in [-0.1, -0.05) is 13.8 Å². The van der Waals surface area contributed by atoms with Crippen LogP contribution in [-0.4, -0.2) is 49.3 Å². The van der Waals surface area contributed by atoms with Crippen molar-refractivity contribution in [3.05, 3.63) is 41.1 Å². The van der Waals surface area contributed by atoms with Gasteiger partial charge < -0.3 is 14.8 Å². The fraction of sp³-hybridized carbons (Fsp3) is 0.524. The quantitative estimate of drug-likeness (QED) is 0.508. The van der Waals surface area contributed by atoms with Gasteiger partial charge in [-0.3, -0.25) is 19.7 Å². The molecule has 0 bridgehead atoms. The lowest BCUT2D eigenvalue weighted by Crippen LogP contribution is -2.16. The van der Waals surface area contributed by atoms with E-state index < -0.39 is 0 Å². The highest BCUT2D eigenvalue weighted by Crippen LogP contribution is 2.37. The molecule has 0 saturated heterocycles. The van der Waals surface area contributed by atoms with Gasteiger partial charge in [0.25, 0.3) is 5.91 Å². The van der Waals surface area contributed by atoms with Crippen LogP contribution in [-0.2, 0) is 18.4 Å². The number of carbonyl (C=O) groups excluding carboxylic acids is 1. The zero-order valence-corrected chi connectivity index (χ0v) is 18.3. The molecule has 1 amide bonds. The number of aromatic nitrogens is 6. The molecule has 10 heteroatoms. The van der Waals surface area contributed by atoms with Gasteiger partial charge in [-0.15, -0.1) is 0 Å². The van der Waals surface area contributed by atoms with Gasteiger partial charge in [-0.2, -0.15) is 15.3 Å². The Hall–Kier alpha value is -3.14. The number of amides is 1. The molecule has 1 aliphatic carbocycles. The predicted molar refractivity (Wildman–Crippen MR) is 114 cm³/mol. The third kappa shape index (κ3) is 4.63. The van der Waals surface area contributed by atoms with Gasteiger partial charge >= 0.3 is 0 Å². The molecule has 10 nitrogen and oxygen atoms in total. The summed E-state index contributed by atoms with van der Waals surface area (Å²) < 4.78 is 12.8. The second-order valence-electron chi connectivity index (χ2n) is 8.29. The van der Waals surface area contributed by atoms with E-state index in [0.717, 1.165) is 36.4 Å². The Balaban J connectivity index is 1.36. The molecule has 0 aliphatic heterocycles. The maximum Gasteiger partial charge on any atom is 0.275 e. The van der Waals surface area contributed by atoms with E-state index in [4.69, 9.17) is 9.47 Å². The SMILES string of the molecule is COCc1cc(C(=O)Nc2cc([C@H]3CC[C@@H](Oc4cn[nH]c4C(C)C)C3)[nH]n2)n(C)n1. The highest BCUT2D eigenvalue weighted by atomic mass is 16.5. The number of methoxy groups -OCH3 is 1. The molecule has 0 spiro atoms. The molecule has 3 aromatic heterocycles. The summed E-state index contributed by atoms with van der Waals surface area (Å²) in [4.78, 5) is 12.6. The van der Waals surface area contributed by atoms with Gasteiger partial charge in [0.15, 0.2) is 11.6 Å². The van der Waals surface area contributed by atoms with Crippen LogP contribution < -0.4 is 10.1 Å². The molecular weight excluding hydrogens is 398 g/mol. The largest absolute Gasteiger partial charge is 0.487 e. The fourth-order valence-electron chi connectivity index (χ4n) is 4.05. The number of H-pyrrole nitrogens is 2. The van der Waals surface area contributed by atoms with E-state index in [2.05, 4.69) is 44.7 Å². The second kappa shape index (κ2) is 8.93. The molecule has 1 aliphatic rings. The average molecular weight is 428 g/mol. The third-order valence-electron chi connectivity index (χ3n) is 5.62. The van der Waals surface area contributed by atoms with E-state index in [0.29, 0.717) is 35.6 Å². The molecule has 0 radical (unpaired) electrons. The number of rotatable bonds is 8. The van der Waals surface area contributed by atoms with Crippen molar-refractivity contribution in [3.8, 4) is 5.75 Å². The molecule has 0 aromatic carbocycles. The number of anilines is 1. The molecule has 4 rings (SSSR count). The number of ether oxygens (including phenoxy) is 2. The first-order valence-corrected chi connectivity index (χ1v) is 10.5. The lowest BCUT2D eigenvalue weighted by molar-refractivity contribution is 0.101. The normalized spacial score (nSPS) is 18.6. The Bertz CT molecular complexity index is 1040. The van der Waals surface area contributed by atoms with Crippen LogP contribution in [0.2, 0.25) is 0 Å².